The summed E-state index contributed by atoms with van der Waals surface area (Å²) < 4.78 is 9.53. The van der Waals surface area contributed by atoms with Gasteiger partial charge in [-0.3, -0.25) is 0 Å². The van der Waals surface area contributed by atoms with Gasteiger partial charge in [-0.05, 0) is 6.42 Å². The van der Waals surface area contributed by atoms with Gasteiger partial charge in [-0.25, -0.2) is 0 Å². The molecule has 0 aliphatic rings. The molecule has 0 unspecified atom stereocenters. The lowest BCUT2D eigenvalue weighted by molar-refractivity contribution is 0.138. The molecule has 0 heterocycles. The minimum Gasteiger partial charge on any atom is -0.385 e. The summed E-state index contributed by atoms with van der Waals surface area (Å²) in [7, 11) is 3.38. The third-order valence-corrected chi connectivity index (χ3v) is 0.697. The zero-order valence-electron chi connectivity index (χ0n) is 5.64. The maximum absolute atomic E-state index is 4.76. The van der Waals surface area contributed by atoms with E-state index in [1.807, 2.05) is 0 Å². The summed E-state index contributed by atoms with van der Waals surface area (Å²) in [6, 6.07) is 0. The highest BCUT2D eigenvalue weighted by molar-refractivity contribution is 4.28. The van der Waals surface area contributed by atoms with Gasteiger partial charge in [-0.2, -0.15) is 0 Å². The molecule has 0 aliphatic carbocycles. The topological polar surface area (TPSA) is 53.5 Å². The van der Waals surface area contributed by atoms with Crippen LogP contribution in [0.4, 0.5) is 0 Å². The molecule has 0 aliphatic heterocycles. The van der Waals surface area contributed by atoms with Crippen LogP contribution in [-0.4, -0.2) is 27.4 Å². The van der Waals surface area contributed by atoms with Crippen LogP contribution in [0.2, 0.25) is 0 Å². The van der Waals surface area contributed by atoms with Crippen molar-refractivity contribution in [1.29, 1.82) is 0 Å². The fourth-order valence-electron chi connectivity index (χ4n) is 0.348. The van der Waals surface area contributed by atoms with Crippen LogP contribution in [0, 0.1) is 0 Å². The summed E-state index contributed by atoms with van der Waals surface area (Å²) in [6.07, 6.45) is 0.993. The van der Waals surface area contributed by atoms with E-state index in [-0.39, 0.29) is 6.15 Å². The SMILES string of the molecule is COCCCOC.N. The van der Waals surface area contributed by atoms with Gasteiger partial charge in [0.1, 0.15) is 0 Å². The Hall–Kier alpha value is -0.120. The fraction of sp³-hybridized carbons (Fsp3) is 1.00. The van der Waals surface area contributed by atoms with E-state index in [2.05, 4.69) is 0 Å². The van der Waals surface area contributed by atoms with Gasteiger partial charge in [-0.15, -0.1) is 0 Å². The molecular formula is C5H15NO2. The van der Waals surface area contributed by atoms with Gasteiger partial charge in [0, 0.05) is 27.4 Å². The highest BCUT2D eigenvalue weighted by Crippen LogP contribution is 1.78. The Kier molecular flexibility index (Phi) is 13.5. The molecular weight excluding hydrogens is 106 g/mol. The Morgan fingerprint density at radius 1 is 1.00 bits per heavy atom. The van der Waals surface area contributed by atoms with E-state index in [0.717, 1.165) is 19.6 Å². The maximum atomic E-state index is 4.76. The van der Waals surface area contributed by atoms with Crippen LogP contribution in [0.3, 0.4) is 0 Å². The Balaban J connectivity index is 0. The van der Waals surface area contributed by atoms with Crippen molar-refractivity contribution in [2.75, 3.05) is 27.4 Å². The average Bonchev–Trinajstić information content (AvgIpc) is 1.69. The number of rotatable bonds is 4. The molecule has 3 nitrogen and oxygen atoms in total. The number of methoxy groups -OCH3 is 2. The van der Waals surface area contributed by atoms with E-state index in [1.54, 1.807) is 14.2 Å². The van der Waals surface area contributed by atoms with Crippen LogP contribution >= 0.6 is 0 Å². The van der Waals surface area contributed by atoms with Gasteiger partial charge in [0.2, 0.25) is 0 Å². The monoisotopic (exact) mass is 121 g/mol. The highest BCUT2D eigenvalue weighted by Gasteiger charge is 1.79. The molecule has 0 saturated heterocycles. The summed E-state index contributed by atoms with van der Waals surface area (Å²) in [5, 5.41) is 0. The van der Waals surface area contributed by atoms with Crippen molar-refractivity contribution in [3.63, 3.8) is 0 Å². The van der Waals surface area contributed by atoms with Gasteiger partial charge >= 0.3 is 0 Å². The normalized spacial score (nSPS) is 8.25. The number of hydrogen-bond acceptors (Lipinski definition) is 3. The zero-order valence-corrected chi connectivity index (χ0v) is 5.64. The van der Waals surface area contributed by atoms with Crippen molar-refractivity contribution in [3.05, 3.63) is 0 Å². The van der Waals surface area contributed by atoms with Gasteiger partial charge in [-0.1, -0.05) is 0 Å². The van der Waals surface area contributed by atoms with Crippen molar-refractivity contribution in [2.24, 2.45) is 0 Å². The minimum absolute atomic E-state index is 0. The standard InChI is InChI=1S/C5H12O2.H3N/c1-6-4-3-5-7-2;/h3-5H2,1-2H3;1H3. The Bertz CT molecular complexity index is 29.6. The lowest BCUT2D eigenvalue weighted by Crippen LogP contribution is -1.94. The van der Waals surface area contributed by atoms with Crippen LogP contribution < -0.4 is 6.15 Å². The molecule has 3 heteroatoms. The van der Waals surface area contributed by atoms with E-state index < -0.39 is 0 Å². The van der Waals surface area contributed by atoms with Gasteiger partial charge < -0.3 is 15.6 Å². The molecule has 0 amide bonds. The Labute approximate surface area is 50.6 Å². The summed E-state index contributed by atoms with van der Waals surface area (Å²) in [5.41, 5.74) is 0. The first-order valence-corrected chi connectivity index (χ1v) is 2.39. The van der Waals surface area contributed by atoms with Crippen molar-refractivity contribution < 1.29 is 9.47 Å². The summed E-state index contributed by atoms with van der Waals surface area (Å²) in [6.45, 7) is 1.60. The lowest BCUT2D eigenvalue weighted by atomic mass is 10.5. The molecule has 52 valence electrons. The highest BCUT2D eigenvalue weighted by atomic mass is 16.5. The second-order valence-corrected chi connectivity index (χ2v) is 1.34. The van der Waals surface area contributed by atoms with Crippen LogP contribution in [0.5, 0.6) is 0 Å². The van der Waals surface area contributed by atoms with Gasteiger partial charge in [0.25, 0.3) is 0 Å². The van der Waals surface area contributed by atoms with Crippen LogP contribution in [0.1, 0.15) is 6.42 Å². The smallest absolute Gasteiger partial charge is 0.0484 e. The van der Waals surface area contributed by atoms with E-state index in [0.29, 0.717) is 0 Å². The molecule has 0 fully saturated rings. The van der Waals surface area contributed by atoms with Crippen LogP contribution in [-0.2, 0) is 9.47 Å². The Morgan fingerprint density at radius 2 is 1.38 bits per heavy atom. The minimum atomic E-state index is 0. The summed E-state index contributed by atoms with van der Waals surface area (Å²) in [5.74, 6) is 0. The molecule has 0 aromatic heterocycles. The van der Waals surface area contributed by atoms with Crippen molar-refractivity contribution in [3.8, 4) is 0 Å². The predicted octanol–water partition coefficient (Wildman–Crippen LogP) is 0.831. The van der Waals surface area contributed by atoms with E-state index >= 15 is 0 Å². The van der Waals surface area contributed by atoms with Crippen molar-refractivity contribution >= 4 is 0 Å². The average molecular weight is 121 g/mol. The fourth-order valence-corrected chi connectivity index (χ4v) is 0.348. The first-order valence-electron chi connectivity index (χ1n) is 2.39. The van der Waals surface area contributed by atoms with Crippen LogP contribution in [0.25, 0.3) is 0 Å². The molecule has 0 spiro atoms. The number of ether oxygens (including phenoxy) is 2. The molecule has 0 aromatic carbocycles. The summed E-state index contributed by atoms with van der Waals surface area (Å²) in [4.78, 5) is 0. The Morgan fingerprint density at radius 3 is 1.62 bits per heavy atom. The molecule has 8 heavy (non-hydrogen) atoms. The van der Waals surface area contributed by atoms with Crippen LogP contribution in [0.15, 0.2) is 0 Å². The molecule has 0 radical (unpaired) electrons. The second kappa shape index (κ2) is 9.99. The third kappa shape index (κ3) is 9.30. The third-order valence-electron chi connectivity index (χ3n) is 0.697. The van der Waals surface area contributed by atoms with Crippen molar-refractivity contribution in [1.82, 2.24) is 6.15 Å². The first kappa shape index (κ1) is 10.8. The maximum Gasteiger partial charge on any atom is 0.0484 e. The second-order valence-electron chi connectivity index (χ2n) is 1.34. The van der Waals surface area contributed by atoms with Gasteiger partial charge in [0.05, 0.1) is 0 Å². The quantitative estimate of drug-likeness (QED) is 0.560. The van der Waals surface area contributed by atoms with E-state index in [4.69, 9.17) is 9.47 Å². The number of hydrogen-bond donors (Lipinski definition) is 1. The molecule has 0 atom stereocenters. The van der Waals surface area contributed by atoms with Gasteiger partial charge in [0.15, 0.2) is 0 Å². The summed E-state index contributed by atoms with van der Waals surface area (Å²) >= 11 is 0. The largest absolute Gasteiger partial charge is 0.385 e. The predicted molar refractivity (Wildman–Crippen MR) is 33.4 cm³/mol. The molecule has 3 N–H and O–H groups in total. The van der Waals surface area contributed by atoms with Crippen molar-refractivity contribution in [2.45, 2.75) is 6.42 Å². The zero-order chi connectivity index (χ0) is 5.54. The van der Waals surface area contributed by atoms with E-state index in [9.17, 15) is 0 Å². The molecule has 0 rings (SSSR count). The first-order chi connectivity index (χ1) is 3.41. The molecule has 0 saturated carbocycles. The lowest BCUT2D eigenvalue weighted by Gasteiger charge is -1.94. The molecule has 0 aromatic rings. The van der Waals surface area contributed by atoms with E-state index in [1.165, 1.54) is 0 Å². The molecule has 0 bridgehead atoms.